The summed E-state index contributed by atoms with van der Waals surface area (Å²) in [5.41, 5.74) is 1.51. The van der Waals surface area contributed by atoms with E-state index >= 15 is 0 Å². The number of amides is 2. The molecule has 0 saturated carbocycles. The third-order valence-corrected chi connectivity index (χ3v) is 4.99. The zero-order chi connectivity index (χ0) is 19.4. The number of hydrogen-bond donors (Lipinski definition) is 1. The summed E-state index contributed by atoms with van der Waals surface area (Å²) in [7, 11) is 1.63. The van der Waals surface area contributed by atoms with Gasteiger partial charge in [0.05, 0.1) is 12.6 Å². The summed E-state index contributed by atoms with van der Waals surface area (Å²) < 4.78 is 18.3. The first kappa shape index (κ1) is 19.0. The SMILES string of the molecule is COc1ccc(C(C)(C)NC(=O)N2CCN(c3ccc(F)cc3)CC2)cc1. The van der Waals surface area contributed by atoms with Gasteiger partial charge in [-0.15, -0.1) is 0 Å². The molecule has 144 valence electrons. The molecule has 1 aliphatic heterocycles. The summed E-state index contributed by atoms with van der Waals surface area (Å²) in [6.07, 6.45) is 0. The van der Waals surface area contributed by atoms with Gasteiger partial charge in [0.25, 0.3) is 0 Å². The fourth-order valence-corrected chi connectivity index (χ4v) is 3.25. The Bertz CT molecular complexity index is 767. The van der Waals surface area contributed by atoms with Crippen LogP contribution in [0.2, 0.25) is 0 Å². The third kappa shape index (κ3) is 4.51. The lowest BCUT2D eigenvalue weighted by Gasteiger charge is -2.38. The highest BCUT2D eigenvalue weighted by Gasteiger charge is 2.27. The smallest absolute Gasteiger partial charge is 0.318 e. The van der Waals surface area contributed by atoms with Crippen LogP contribution in [0.1, 0.15) is 19.4 Å². The Morgan fingerprint density at radius 1 is 1.00 bits per heavy atom. The Labute approximate surface area is 159 Å². The quantitative estimate of drug-likeness (QED) is 0.893. The number of ether oxygens (including phenoxy) is 1. The highest BCUT2D eigenvalue weighted by Crippen LogP contribution is 2.23. The van der Waals surface area contributed by atoms with Crippen molar-refractivity contribution in [3.8, 4) is 5.75 Å². The number of halogens is 1. The fraction of sp³-hybridized carbons (Fsp3) is 0.381. The molecule has 2 aromatic carbocycles. The molecule has 3 rings (SSSR count). The van der Waals surface area contributed by atoms with Crippen LogP contribution in [-0.4, -0.2) is 44.2 Å². The Morgan fingerprint density at radius 3 is 2.15 bits per heavy atom. The van der Waals surface area contributed by atoms with E-state index in [0.29, 0.717) is 13.1 Å². The third-order valence-electron chi connectivity index (χ3n) is 4.99. The molecule has 1 aliphatic rings. The second kappa shape index (κ2) is 7.86. The summed E-state index contributed by atoms with van der Waals surface area (Å²) >= 11 is 0. The number of rotatable bonds is 4. The van der Waals surface area contributed by atoms with Gasteiger partial charge in [0.1, 0.15) is 11.6 Å². The van der Waals surface area contributed by atoms with Gasteiger partial charge in [0, 0.05) is 31.9 Å². The number of benzene rings is 2. The Kier molecular flexibility index (Phi) is 5.54. The van der Waals surface area contributed by atoms with E-state index in [4.69, 9.17) is 4.74 Å². The van der Waals surface area contributed by atoms with Crippen molar-refractivity contribution in [2.75, 3.05) is 38.2 Å². The number of nitrogens with one attached hydrogen (secondary N) is 1. The highest BCUT2D eigenvalue weighted by molar-refractivity contribution is 5.75. The van der Waals surface area contributed by atoms with E-state index < -0.39 is 5.54 Å². The first-order chi connectivity index (χ1) is 12.9. The molecule has 0 atom stereocenters. The average Bonchev–Trinajstić information content (AvgIpc) is 2.68. The van der Waals surface area contributed by atoms with Gasteiger partial charge in [-0.05, 0) is 55.8 Å². The molecule has 2 aromatic rings. The van der Waals surface area contributed by atoms with Crippen molar-refractivity contribution in [1.29, 1.82) is 0 Å². The van der Waals surface area contributed by atoms with Crippen molar-refractivity contribution in [3.05, 3.63) is 59.9 Å². The number of piperazine rings is 1. The van der Waals surface area contributed by atoms with Crippen LogP contribution in [0, 0.1) is 5.82 Å². The molecule has 1 N–H and O–H groups in total. The fourth-order valence-electron chi connectivity index (χ4n) is 3.25. The van der Waals surface area contributed by atoms with Crippen molar-refractivity contribution < 1.29 is 13.9 Å². The molecule has 0 spiro atoms. The number of carbonyl (C=O) groups excluding carboxylic acids is 1. The van der Waals surface area contributed by atoms with Gasteiger partial charge in [0.15, 0.2) is 0 Å². The van der Waals surface area contributed by atoms with Crippen molar-refractivity contribution in [2.45, 2.75) is 19.4 Å². The number of methoxy groups -OCH3 is 1. The first-order valence-corrected chi connectivity index (χ1v) is 9.11. The van der Waals surface area contributed by atoms with Crippen LogP contribution < -0.4 is 15.0 Å². The van der Waals surface area contributed by atoms with Crippen LogP contribution in [-0.2, 0) is 5.54 Å². The maximum Gasteiger partial charge on any atom is 0.318 e. The van der Waals surface area contributed by atoms with E-state index in [9.17, 15) is 9.18 Å². The predicted octanol–water partition coefficient (Wildman–Crippen LogP) is 3.60. The molecule has 1 saturated heterocycles. The van der Waals surface area contributed by atoms with E-state index in [1.54, 1.807) is 19.2 Å². The van der Waals surface area contributed by atoms with Gasteiger partial charge < -0.3 is 19.9 Å². The molecular formula is C21H26FN3O2. The van der Waals surface area contributed by atoms with E-state index in [-0.39, 0.29) is 11.8 Å². The van der Waals surface area contributed by atoms with Gasteiger partial charge in [-0.3, -0.25) is 0 Å². The van der Waals surface area contributed by atoms with Crippen molar-refractivity contribution in [1.82, 2.24) is 10.2 Å². The maximum atomic E-state index is 13.1. The number of nitrogens with zero attached hydrogens (tertiary/aromatic N) is 2. The molecule has 1 fully saturated rings. The lowest BCUT2D eigenvalue weighted by atomic mass is 9.94. The predicted molar refractivity (Wildman–Crippen MR) is 105 cm³/mol. The monoisotopic (exact) mass is 371 g/mol. The molecule has 2 amide bonds. The molecule has 1 heterocycles. The second-order valence-corrected chi connectivity index (χ2v) is 7.23. The topological polar surface area (TPSA) is 44.8 Å². The largest absolute Gasteiger partial charge is 0.497 e. The van der Waals surface area contributed by atoms with Crippen molar-refractivity contribution in [2.24, 2.45) is 0 Å². The summed E-state index contributed by atoms with van der Waals surface area (Å²) in [6, 6.07) is 14.1. The number of anilines is 1. The first-order valence-electron chi connectivity index (χ1n) is 9.11. The molecule has 0 aromatic heterocycles. The minimum Gasteiger partial charge on any atom is -0.497 e. The van der Waals surface area contributed by atoms with E-state index in [2.05, 4.69) is 10.2 Å². The second-order valence-electron chi connectivity index (χ2n) is 7.23. The molecule has 5 nitrogen and oxygen atoms in total. The van der Waals surface area contributed by atoms with Gasteiger partial charge in [0.2, 0.25) is 0 Å². The molecule has 27 heavy (non-hydrogen) atoms. The summed E-state index contributed by atoms with van der Waals surface area (Å²) in [4.78, 5) is 16.7. The van der Waals surface area contributed by atoms with Crippen LogP contribution in [0.15, 0.2) is 48.5 Å². The van der Waals surface area contributed by atoms with E-state index in [0.717, 1.165) is 30.1 Å². The van der Waals surface area contributed by atoms with Crippen LogP contribution in [0.5, 0.6) is 5.75 Å². The van der Waals surface area contributed by atoms with Gasteiger partial charge in [-0.2, -0.15) is 0 Å². The van der Waals surface area contributed by atoms with Crippen molar-refractivity contribution in [3.63, 3.8) is 0 Å². The molecular weight excluding hydrogens is 345 g/mol. The van der Waals surface area contributed by atoms with Crippen molar-refractivity contribution >= 4 is 11.7 Å². The Morgan fingerprint density at radius 2 is 1.59 bits per heavy atom. The molecule has 0 radical (unpaired) electrons. The van der Waals surface area contributed by atoms with Gasteiger partial charge >= 0.3 is 6.03 Å². The Balaban J connectivity index is 1.57. The summed E-state index contributed by atoms with van der Waals surface area (Å²) in [5, 5.41) is 3.12. The van der Waals surface area contributed by atoms with Crippen LogP contribution in [0.3, 0.4) is 0 Å². The number of hydrogen-bond acceptors (Lipinski definition) is 3. The summed E-state index contributed by atoms with van der Waals surface area (Å²) in [6.45, 7) is 6.68. The number of urea groups is 1. The van der Waals surface area contributed by atoms with E-state index in [1.165, 1.54) is 12.1 Å². The Hall–Kier alpha value is -2.76. The van der Waals surface area contributed by atoms with Crippen LogP contribution in [0.25, 0.3) is 0 Å². The lowest BCUT2D eigenvalue weighted by Crippen LogP contribution is -2.55. The standard InChI is InChI=1S/C21H26FN3O2/c1-21(2,16-4-10-19(27-3)11-5-16)23-20(26)25-14-12-24(13-15-25)18-8-6-17(22)7-9-18/h4-11H,12-15H2,1-3H3,(H,23,26). The zero-order valence-corrected chi connectivity index (χ0v) is 16.0. The minimum atomic E-state index is -0.489. The number of carbonyl (C=O) groups is 1. The van der Waals surface area contributed by atoms with E-state index in [1.807, 2.05) is 43.0 Å². The normalized spacial score (nSPS) is 14.8. The van der Waals surface area contributed by atoms with Crippen LogP contribution >= 0.6 is 0 Å². The van der Waals surface area contributed by atoms with Crippen LogP contribution in [0.4, 0.5) is 14.9 Å². The molecule has 0 unspecified atom stereocenters. The molecule has 0 aliphatic carbocycles. The average molecular weight is 371 g/mol. The lowest BCUT2D eigenvalue weighted by molar-refractivity contribution is 0.183. The summed E-state index contributed by atoms with van der Waals surface area (Å²) in [5.74, 6) is 0.551. The maximum absolute atomic E-state index is 13.1. The van der Waals surface area contributed by atoms with Gasteiger partial charge in [-0.25, -0.2) is 9.18 Å². The molecule has 0 bridgehead atoms. The molecule has 6 heteroatoms. The minimum absolute atomic E-state index is 0.0745. The zero-order valence-electron chi connectivity index (χ0n) is 16.0. The van der Waals surface area contributed by atoms with Gasteiger partial charge in [-0.1, -0.05) is 12.1 Å². The highest BCUT2D eigenvalue weighted by atomic mass is 19.1.